The molecule has 2 aliphatic rings. The fourth-order valence-electron chi connectivity index (χ4n) is 3.97. The van der Waals surface area contributed by atoms with Crippen LogP contribution in [0.5, 0.6) is 5.88 Å². The molecule has 0 spiro atoms. The van der Waals surface area contributed by atoms with Crippen molar-refractivity contribution in [1.82, 2.24) is 9.88 Å². The van der Waals surface area contributed by atoms with Crippen LogP contribution in [0.3, 0.4) is 0 Å². The summed E-state index contributed by atoms with van der Waals surface area (Å²) in [6.45, 7) is 3.77. The van der Waals surface area contributed by atoms with Crippen LogP contribution in [-0.4, -0.2) is 35.3 Å². The molecule has 1 fully saturated rings. The van der Waals surface area contributed by atoms with Gasteiger partial charge in [0.2, 0.25) is 5.88 Å². The van der Waals surface area contributed by atoms with Gasteiger partial charge in [-0.2, -0.15) is 13.2 Å². The van der Waals surface area contributed by atoms with Gasteiger partial charge < -0.3 is 4.74 Å². The van der Waals surface area contributed by atoms with Crippen molar-refractivity contribution in [2.45, 2.75) is 77.1 Å². The van der Waals surface area contributed by atoms with Gasteiger partial charge in [0.25, 0.3) is 0 Å². The van der Waals surface area contributed by atoms with E-state index >= 15 is 0 Å². The Morgan fingerprint density at radius 3 is 2.62 bits per heavy atom. The average molecular weight is 370 g/mol. The highest BCUT2D eigenvalue weighted by Gasteiger charge is 2.38. The van der Waals surface area contributed by atoms with E-state index < -0.39 is 12.3 Å². The summed E-state index contributed by atoms with van der Waals surface area (Å²) in [5.41, 5.74) is 1.99. The van der Waals surface area contributed by atoms with E-state index in [0.29, 0.717) is 6.54 Å². The van der Waals surface area contributed by atoms with Crippen LogP contribution in [0.25, 0.3) is 0 Å². The molecular weight excluding hydrogens is 341 g/mol. The lowest BCUT2D eigenvalue weighted by Gasteiger charge is -2.29. The maximum absolute atomic E-state index is 12.7. The zero-order chi connectivity index (χ0) is 18.6. The molecule has 1 aliphatic carbocycles. The molecular formula is C20H29F3N2O. The maximum Gasteiger partial charge on any atom is 0.425 e. The number of halogens is 3. The summed E-state index contributed by atoms with van der Waals surface area (Å²) >= 11 is 0. The van der Waals surface area contributed by atoms with Crippen LogP contribution in [0.15, 0.2) is 12.1 Å². The first-order valence-electron chi connectivity index (χ1n) is 9.86. The van der Waals surface area contributed by atoms with Gasteiger partial charge in [-0.05, 0) is 37.8 Å². The molecule has 1 aromatic rings. The van der Waals surface area contributed by atoms with Crippen molar-refractivity contribution in [3.8, 4) is 5.88 Å². The van der Waals surface area contributed by atoms with E-state index in [9.17, 15) is 13.2 Å². The standard InChI is InChI=1S/C20H29F3N2O/c1-15(20(21,22)23)26-19-9-8-17-11-13-25(14-18(17)24-19)12-10-16-6-4-2-3-5-7-16/h8-9,15-16H,2-7,10-14H2,1H3/t15-/m1/s1. The van der Waals surface area contributed by atoms with Gasteiger partial charge in [0, 0.05) is 19.2 Å². The van der Waals surface area contributed by atoms with E-state index in [0.717, 1.165) is 43.6 Å². The van der Waals surface area contributed by atoms with Gasteiger partial charge in [-0.25, -0.2) is 4.98 Å². The third kappa shape index (κ3) is 5.35. The molecule has 3 rings (SSSR count). The SMILES string of the molecule is C[C@@H](Oc1ccc2c(n1)CN(CCC1CCCCCC1)CC2)C(F)(F)F. The van der Waals surface area contributed by atoms with Gasteiger partial charge in [-0.15, -0.1) is 0 Å². The highest BCUT2D eigenvalue weighted by atomic mass is 19.4. The number of nitrogens with zero attached hydrogens (tertiary/aromatic N) is 2. The number of pyridine rings is 1. The van der Waals surface area contributed by atoms with Gasteiger partial charge >= 0.3 is 6.18 Å². The van der Waals surface area contributed by atoms with E-state index in [4.69, 9.17) is 4.74 Å². The lowest BCUT2D eigenvalue weighted by molar-refractivity contribution is -0.190. The minimum absolute atomic E-state index is 0.0687. The highest BCUT2D eigenvalue weighted by Crippen LogP contribution is 2.28. The van der Waals surface area contributed by atoms with Crippen molar-refractivity contribution < 1.29 is 17.9 Å². The Morgan fingerprint density at radius 2 is 1.92 bits per heavy atom. The topological polar surface area (TPSA) is 25.4 Å². The first-order valence-corrected chi connectivity index (χ1v) is 9.86. The number of hydrogen-bond acceptors (Lipinski definition) is 3. The smallest absolute Gasteiger partial charge is 0.425 e. The van der Waals surface area contributed by atoms with Crippen LogP contribution in [0, 0.1) is 5.92 Å². The van der Waals surface area contributed by atoms with E-state index in [1.54, 1.807) is 6.07 Å². The molecule has 0 saturated heterocycles. The van der Waals surface area contributed by atoms with Crippen molar-refractivity contribution in [2.75, 3.05) is 13.1 Å². The molecule has 0 aromatic carbocycles. The highest BCUT2D eigenvalue weighted by molar-refractivity contribution is 5.28. The van der Waals surface area contributed by atoms with Crippen LogP contribution in [-0.2, 0) is 13.0 Å². The number of hydrogen-bond donors (Lipinski definition) is 0. The zero-order valence-electron chi connectivity index (χ0n) is 15.5. The van der Waals surface area contributed by atoms with Crippen LogP contribution in [0.2, 0.25) is 0 Å². The Bertz CT molecular complexity index is 583. The molecule has 0 unspecified atom stereocenters. The third-order valence-electron chi connectivity index (χ3n) is 5.70. The molecule has 0 N–H and O–H groups in total. The van der Waals surface area contributed by atoms with Crippen LogP contribution in [0.1, 0.15) is 63.1 Å². The normalized spacial score (nSPS) is 21.1. The lowest BCUT2D eigenvalue weighted by Crippen LogP contribution is -2.34. The molecule has 1 aromatic heterocycles. The van der Waals surface area contributed by atoms with Crippen molar-refractivity contribution >= 4 is 0 Å². The third-order valence-corrected chi connectivity index (χ3v) is 5.70. The number of rotatable bonds is 5. The maximum atomic E-state index is 12.7. The second kappa shape index (κ2) is 8.59. The van der Waals surface area contributed by atoms with E-state index in [1.165, 1.54) is 44.9 Å². The Hall–Kier alpha value is -1.30. The van der Waals surface area contributed by atoms with E-state index in [2.05, 4.69) is 9.88 Å². The Labute approximate surface area is 153 Å². The van der Waals surface area contributed by atoms with Crippen molar-refractivity contribution in [1.29, 1.82) is 0 Å². The van der Waals surface area contributed by atoms with Crippen LogP contribution in [0.4, 0.5) is 13.2 Å². The molecule has 3 nitrogen and oxygen atoms in total. The van der Waals surface area contributed by atoms with E-state index in [1.807, 2.05) is 6.07 Å². The summed E-state index contributed by atoms with van der Waals surface area (Å²) in [6, 6.07) is 3.42. The van der Waals surface area contributed by atoms with Gasteiger partial charge in [-0.3, -0.25) is 4.90 Å². The molecule has 0 amide bonds. The fourth-order valence-corrected chi connectivity index (χ4v) is 3.97. The van der Waals surface area contributed by atoms with Crippen molar-refractivity contribution in [3.05, 3.63) is 23.4 Å². The van der Waals surface area contributed by atoms with Crippen molar-refractivity contribution in [3.63, 3.8) is 0 Å². The zero-order valence-corrected chi connectivity index (χ0v) is 15.5. The van der Waals surface area contributed by atoms with Gasteiger partial charge in [0.1, 0.15) is 0 Å². The number of fused-ring (bicyclic) bond motifs is 1. The first kappa shape index (κ1) is 19.5. The monoisotopic (exact) mass is 370 g/mol. The summed E-state index contributed by atoms with van der Waals surface area (Å²) in [6.07, 6.45) is 4.05. The molecule has 26 heavy (non-hydrogen) atoms. The number of alkyl halides is 3. The number of ether oxygens (including phenoxy) is 1. The predicted molar refractivity (Wildman–Crippen MR) is 95.2 cm³/mol. The lowest BCUT2D eigenvalue weighted by atomic mass is 9.96. The van der Waals surface area contributed by atoms with Crippen molar-refractivity contribution in [2.24, 2.45) is 5.92 Å². The number of aromatic nitrogens is 1. The molecule has 0 bridgehead atoms. The molecule has 1 atom stereocenters. The molecule has 0 radical (unpaired) electrons. The Balaban J connectivity index is 1.55. The van der Waals surface area contributed by atoms with Crippen LogP contribution >= 0.6 is 0 Å². The van der Waals surface area contributed by atoms with Gasteiger partial charge in [0.05, 0.1) is 5.69 Å². The molecule has 1 saturated carbocycles. The van der Waals surface area contributed by atoms with Gasteiger partial charge in [0.15, 0.2) is 6.10 Å². The summed E-state index contributed by atoms with van der Waals surface area (Å²) in [4.78, 5) is 6.75. The van der Waals surface area contributed by atoms with Crippen LogP contribution < -0.4 is 4.74 Å². The molecule has 2 heterocycles. The molecule has 146 valence electrons. The summed E-state index contributed by atoms with van der Waals surface area (Å²) < 4.78 is 43.0. The second-order valence-electron chi connectivity index (χ2n) is 7.73. The Kier molecular flexibility index (Phi) is 6.43. The average Bonchev–Trinajstić information content (AvgIpc) is 2.87. The quantitative estimate of drug-likeness (QED) is 0.672. The summed E-state index contributed by atoms with van der Waals surface area (Å²) in [5, 5.41) is 0. The first-order chi connectivity index (χ1) is 12.4. The second-order valence-corrected chi connectivity index (χ2v) is 7.73. The minimum atomic E-state index is -4.37. The predicted octanol–water partition coefficient (Wildman–Crippen LogP) is 5.13. The Morgan fingerprint density at radius 1 is 1.19 bits per heavy atom. The van der Waals surface area contributed by atoms with Gasteiger partial charge in [-0.1, -0.05) is 44.6 Å². The molecule has 6 heteroatoms. The fraction of sp³-hybridized carbons (Fsp3) is 0.750. The minimum Gasteiger partial charge on any atom is -0.465 e. The largest absolute Gasteiger partial charge is 0.465 e. The summed E-state index contributed by atoms with van der Waals surface area (Å²) in [5.74, 6) is 0.897. The summed E-state index contributed by atoms with van der Waals surface area (Å²) in [7, 11) is 0. The van der Waals surface area contributed by atoms with E-state index in [-0.39, 0.29) is 5.88 Å². The molecule has 1 aliphatic heterocycles.